The van der Waals surface area contributed by atoms with Gasteiger partial charge in [-0.25, -0.2) is 4.79 Å². The number of methoxy groups -OCH3 is 1. The zero-order valence-electron chi connectivity index (χ0n) is 19.5. The van der Waals surface area contributed by atoms with Gasteiger partial charge in [-0.2, -0.15) is 5.48 Å². The van der Waals surface area contributed by atoms with Crippen LogP contribution < -0.4 is 5.48 Å². The van der Waals surface area contributed by atoms with Gasteiger partial charge in [0.05, 0.1) is 32.2 Å². The maximum Gasteiger partial charge on any atom is 0.339 e. The molecule has 0 bridgehead atoms. The van der Waals surface area contributed by atoms with E-state index in [1.807, 2.05) is 18.2 Å². The lowest BCUT2D eigenvalue weighted by Crippen LogP contribution is -2.41. The zero-order valence-corrected chi connectivity index (χ0v) is 19.5. The molecule has 0 saturated heterocycles. The molecule has 0 heterocycles. The molecule has 3 rings (SSSR count). The summed E-state index contributed by atoms with van der Waals surface area (Å²) in [6.45, 7) is 4.28. The number of ether oxygens (including phenoxy) is 1. The Kier molecular flexibility index (Phi) is 8.63. The van der Waals surface area contributed by atoms with Crippen molar-refractivity contribution in [3.63, 3.8) is 0 Å². The Morgan fingerprint density at radius 3 is 2.48 bits per heavy atom. The van der Waals surface area contributed by atoms with Gasteiger partial charge in [-0.15, -0.1) is 0 Å². The molecule has 2 aromatic carbocycles. The largest absolute Gasteiger partial charge is 0.503 e. The molecule has 2 aromatic rings. The third-order valence-electron chi connectivity index (χ3n) is 5.81. The third-order valence-corrected chi connectivity index (χ3v) is 5.81. The van der Waals surface area contributed by atoms with Crippen LogP contribution in [-0.4, -0.2) is 37.0 Å². The number of carboxylic acids is 1. The molecule has 0 aromatic heterocycles. The fourth-order valence-corrected chi connectivity index (χ4v) is 4.11. The van der Waals surface area contributed by atoms with E-state index in [0.29, 0.717) is 23.0 Å². The molecular formula is C26H32N2O5. The van der Waals surface area contributed by atoms with Crippen LogP contribution in [0.2, 0.25) is 0 Å². The molecule has 1 saturated carbocycles. The second-order valence-electron chi connectivity index (χ2n) is 8.39. The van der Waals surface area contributed by atoms with Crippen LogP contribution in [-0.2, 0) is 25.8 Å². The number of carboxylic acid groups (broad SMARTS) is 1. The first-order chi connectivity index (χ1) is 16.0. The Labute approximate surface area is 195 Å². The van der Waals surface area contributed by atoms with Crippen LogP contribution in [0.4, 0.5) is 0 Å². The molecule has 1 fully saturated rings. The van der Waals surface area contributed by atoms with E-state index in [4.69, 9.17) is 14.4 Å². The Morgan fingerprint density at radius 2 is 1.85 bits per heavy atom. The summed E-state index contributed by atoms with van der Waals surface area (Å²) in [5.41, 5.74) is 6.60. The number of benzene rings is 2. The predicted octanol–water partition coefficient (Wildman–Crippen LogP) is 4.61. The van der Waals surface area contributed by atoms with Gasteiger partial charge in [-0.05, 0) is 35.3 Å². The van der Waals surface area contributed by atoms with Gasteiger partial charge in [-0.3, -0.25) is 0 Å². The summed E-state index contributed by atoms with van der Waals surface area (Å²) in [5.74, 6) is -0.137. The smallest absolute Gasteiger partial charge is 0.339 e. The molecule has 3 unspecified atom stereocenters. The van der Waals surface area contributed by atoms with Crippen molar-refractivity contribution >= 4 is 17.3 Å². The minimum atomic E-state index is -1.07. The van der Waals surface area contributed by atoms with Gasteiger partial charge in [-0.1, -0.05) is 73.6 Å². The summed E-state index contributed by atoms with van der Waals surface area (Å²) in [5, 5.41) is 14.0. The lowest BCUT2D eigenvalue weighted by Gasteiger charge is -2.22. The standard InChI is InChI=1S/C26H32N2O5/c1-17(2)24(25(27-32-4)22-14-21(22)18-10-6-5-7-11-18)28-33-15-19-12-8-9-13-20(19)23(16-31-3)26(29)30/h5-13,16-17,21-22,25,27H,14-15H2,1-4H3,(H,29,30)/b23-16+,28-24+. The second kappa shape index (κ2) is 11.6. The van der Waals surface area contributed by atoms with Crippen molar-refractivity contribution in [2.24, 2.45) is 17.0 Å². The van der Waals surface area contributed by atoms with Crippen molar-refractivity contribution in [3.8, 4) is 0 Å². The van der Waals surface area contributed by atoms with Crippen molar-refractivity contribution in [2.45, 2.75) is 38.8 Å². The van der Waals surface area contributed by atoms with E-state index in [2.05, 4.69) is 48.7 Å². The molecular weight excluding hydrogens is 420 g/mol. The van der Waals surface area contributed by atoms with Crippen molar-refractivity contribution < 1.29 is 24.3 Å². The highest BCUT2D eigenvalue weighted by atomic mass is 16.6. The summed E-state index contributed by atoms with van der Waals surface area (Å²) in [6, 6.07) is 17.5. The molecule has 0 radical (unpaired) electrons. The van der Waals surface area contributed by atoms with Crippen molar-refractivity contribution in [1.29, 1.82) is 0 Å². The monoisotopic (exact) mass is 452 g/mol. The van der Waals surface area contributed by atoms with E-state index < -0.39 is 5.97 Å². The maximum absolute atomic E-state index is 11.7. The molecule has 0 amide bonds. The van der Waals surface area contributed by atoms with E-state index >= 15 is 0 Å². The molecule has 33 heavy (non-hydrogen) atoms. The summed E-state index contributed by atoms with van der Waals surface area (Å²) < 4.78 is 4.95. The minimum absolute atomic E-state index is 0.0624. The second-order valence-corrected chi connectivity index (χ2v) is 8.39. The number of oxime groups is 1. The number of aliphatic carboxylic acids is 1. The lowest BCUT2D eigenvalue weighted by molar-refractivity contribution is -0.130. The van der Waals surface area contributed by atoms with Gasteiger partial charge in [0.1, 0.15) is 12.2 Å². The van der Waals surface area contributed by atoms with Crippen LogP contribution in [0.3, 0.4) is 0 Å². The highest BCUT2D eigenvalue weighted by Crippen LogP contribution is 2.50. The molecule has 176 valence electrons. The van der Waals surface area contributed by atoms with Gasteiger partial charge < -0.3 is 19.5 Å². The van der Waals surface area contributed by atoms with Crippen molar-refractivity contribution in [2.75, 3.05) is 14.2 Å². The van der Waals surface area contributed by atoms with Gasteiger partial charge in [0.2, 0.25) is 0 Å². The molecule has 0 spiro atoms. The van der Waals surface area contributed by atoms with E-state index in [1.165, 1.54) is 18.9 Å². The predicted molar refractivity (Wildman–Crippen MR) is 127 cm³/mol. The van der Waals surface area contributed by atoms with Crippen LogP contribution in [0.5, 0.6) is 0 Å². The third kappa shape index (κ3) is 6.21. The number of rotatable bonds is 12. The number of nitrogens with one attached hydrogen (secondary N) is 1. The van der Waals surface area contributed by atoms with E-state index in [1.54, 1.807) is 19.2 Å². The Morgan fingerprint density at radius 1 is 1.15 bits per heavy atom. The summed E-state index contributed by atoms with van der Waals surface area (Å²) in [4.78, 5) is 22.8. The number of nitrogens with zero attached hydrogens (tertiary/aromatic N) is 1. The maximum atomic E-state index is 11.7. The highest BCUT2D eigenvalue weighted by molar-refractivity contribution is 6.15. The molecule has 2 N–H and O–H groups in total. The quantitative estimate of drug-likeness (QED) is 0.212. The number of hydrogen-bond acceptors (Lipinski definition) is 6. The molecule has 1 aliphatic carbocycles. The van der Waals surface area contributed by atoms with Crippen LogP contribution in [0.25, 0.3) is 5.57 Å². The van der Waals surface area contributed by atoms with Gasteiger partial charge >= 0.3 is 5.97 Å². The molecule has 1 aliphatic rings. The molecule has 7 heteroatoms. The molecule has 3 atom stereocenters. The molecule has 0 aliphatic heterocycles. The first-order valence-corrected chi connectivity index (χ1v) is 11.1. The van der Waals surface area contributed by atoms with Gasteiger partial charge in [0.25, 0.3) is 0 Å². The number of carbonyl (C=O) groups is 1. The van der Waals surface area contributed by atoms with Gasteiger partial charge in [0.15, 0.2) is 0 Å². The van der Waals surface area contributed by atoms with E-state index in [-0.39, 0.29) is 24.1 Å². The van der Waals surface area contributed by atoms with Crippen LogP contribution >= 0.6 is 0 Å². The minimum Gasteiger partial charge on any atom is -0.503 e. The Balaban J connectivity index is 1.78. The average molecular weight is 453 g/mol. The fourth-order valence-electron chi connectivity index (χ4n) is 4.11. The molecule has 7 nitrogen and oxygen atoms in total. The summed E-state index contributed by atoms with van der Waals surface area (Å²) >= 11 is 0. The van der Waals surface area contributed by atoms with Crippen molar-refractivity contribution in [3.05, 3.63) is 77.5 Å². The van der Waals surface area contributed by atoms with Crippen molar-refractivity contribution in [1.82, 2.24) is 5.48 Å². The van der Waals surface area contributed by atoms with Crippen LogP contribution in [0.15, 0.2) is 66.0 Å². The Bertz CT molecular complexity index is 987. The normalized spacial score (nSPS) is 19.3. The lowest BCUT2D eigenvalue weighted by atomic mass is 9.95. The van der Waals surface area contributed by atoms with Crippen LogP contribution in [0.1, 0.15) is 42.9 Å². The average Bonchev–Trinajstić information content (AvgIpc) is 3.60. The number of hydroxylamine groups is 1. The SMILES string of the molecule is CO/C=C(/C(=O)O)c1ccccc1CO/N=C(\C(C)C)C(NOC)C1CC1c1ccccc1. The highest BCUT2D eigenvalue weighted by Gasteiger charge is 2.46. The summed E-state index contributed by atoms with van der Waals surface area (Å²) in [7, 11) is 3.03. The van der Waals surface area contributed by atoms with Crippen LogP contribution in [0, 0.1) is 11.8 Å². The first-order valence-electron chi connectivity index (χ1n) is 11.1. The Hall–Kier alpha value is -3.16. The summed E-state index contributed by atoms with van der Waals surface area (Å²) in [6.07, 6.45) is 2.27. The van der Waals surface area contributed by atoms with E-state index in [0.717, 1.165) is 12.1 Å². The first kappa shape index (κ1) is 24.5. The fraction of sp³-hybridized carbons (Fsp3) is 0.385. The number of hydrogen-bond donors (Lipinski definition) is 2. The van der Waals surface area contributed by atoms with E-state index in [9.17, 15) is 9.90 Å². The zero-order chi connectivity index (χ0) is 23.8. The topological polar surface area (TPSA) is 89.4 Å². The van der Waals surface area contributed by atoms with Gasteiger partial charge in [0, 0.05) is 5.56 Å².